The van der Waals surface area contributed by atoms with Gasteiger partial charge in [-0.25, -0.2) is 9.37 Å². The summed E-state index contributed by atoms with van der Waals surface area (Å²) in [5, 5.41) is 0. The van der Waals surface area contributed by atoms with E-state index in [0.29, 0.717) is 16.4 Å². The second-order valence-electron chi connectivity index (χ2n) is 5.88. The number of benzene rings is 1. The van der Waals surface area contributed by atoms with Crippen LogP contribution in [0.3, 0.4) is 0 Å². The predicted molar refractivity (Wildman–Crippen MR) is 88.2 cm³/mol. The van der Waals surface area contributed by atoms with Crippen molar-refractivity contribution in [1.29, 1.82) is 0 Å². The molecule has 0 radical (unpaired) electrons. The number of imidazole rings is 1. The first-order chi connectivity index (χ1) is 10.1. The summed E-state index contributed by atoms with van der Waals surface area (Å²) in [5.74, 6) is 1.73. The zero-order chi connectivity index (χ0) is 15.0. The molecule has 1 saturated carbocycles. The summed E-state index contributed by atoms with van der Waals surface area (Å²) in [6.07, 6.45) is 6.01. The minimum atomic E-state index is -0.243. The smallest absolute Gasteiger partial charge is 0.139 e. The number of hydrogen-bond acceptors (Lipinski definition) is 1. The van der Waals surface area contributed by atoms with Gasteiger partial charge in [0.25, 0.3) is 0 Å². The van der Waals surface area contributed by atoms with Gasteiger partial charge in [-0.3, -0.25) is 0 Å². The van der Waals surface area contributed by atoms with Crippen molar-refractivity contribution in [3.05, 3.63) is 28.2 Å². The van der Waals surface area contributed by atoms with E-state index in [9.17, 15) is 4.39 Å². The van der Waals surface area contributed by atoms with Gasteiger partial charge in [-0.15, -0.1) is 11.6 Å². The summed E-state index contributed by atoms with van der Waals surface area (Å²) < 4.78 is 16.6. The highest BCUT2D eigenvalue weighted by atomic mass is 79.9. The summed E-state index contributed by atoms with van der Waals surface area (Å²) in [6, 6.07) is 3.72. The average Bonchev–Trinajstić information content (AvgIpc) is 2.85. The number of aromatic nitrogens is 2. The van der Waals surface area contributed by atoms with E-state index >= 15 is 0 Å². The summed E-state index contributed by atoms with van der Waals surface area (Å²) in [5.41, 5.74) is 1.69. The molecule has 1 aromatic heterocycles. The lowest BCUT2D eigenvalue weighted by molar-refractivity contribution is 0.262. The minimum Gasteiger partial charge on any atom is -0.324 e. The molecule has 0 bridgehead atoms. The largest absolute Gasteiger partial charge is 0.324 e. The van der Waals surface area contributed by atoms with E-state index in [1.54, 1.807) is 12.1 Å². The zero-order valence-electron chi connectivity index (χ0n) is 12.1. The highest BCUT2D eigenvalue weighted by Crippen LogP contribution is 2.37. The molecule has 114 valence electrons. The van der Waals surface area contributed by atoms with Crippen LogP contribution in [0.2, 0.25) is 0 Å². The number of rotatable bonds is 3. The Morgan fingerprint density at radius 1 is 1.43 bits per heavy atom. The van der Waals surface area contributed by atoms with Crippen LogP contribution in [-0.4, -0.2) is 9.55 Å². The minimum absolute atomic E-state index is 0.243. The van der Waals surface area contributed by atoms with Crippen LogP contribution in [0.25, 0.3) is 11.0 Å². The van der Waals surface area contributed by atoms with Gasteiger partial charge in [-0.1, -0.05) is 26.2 Å². The Morgan fingerprint density at radius 3 is 2.95 bits per heavy atom. The Kier molecular flexibility index (Phi) is 4.55. The standard InChI is InChI=1S/C16H19BrClFN2/c1-2-10-4-3-5-11(6-10)21-15-8-13(19)12(17)7-14(15)20-16(21)9-18/h7-8,10-11H,2-6,9H2,1H3. The summed E-state index contributed by atoms with van der Waals surface area (Å²) in [4.78, 5) is 4.59. The van der Waals surface area contributed by atoms with Crippen molar-refractivity contribution >= 4 is 38.6 Å². The molecule has 2 unspecified atom stereocenters. The van der Waals surface area contributed by atoms with Crippen LogP contribution in [0, 0.1) is 11.7 Å². The van der Waals surface area contributed by atoms with E-state index in [-0.39, 0.29) is 5.82 Å². The molecular weight excluding hydrogens is 355 g/mol. The fraction of sp³-hybridized carbons (Fsp3) is 0.562. The molecule has 5 heteroatoms. The Labute approximate surface area is 137 Å². The third-order valence-corrected chi connectivity index (χ3v) is 5.47. The van der Waals surface area contributed by atoms with E-state index in [1.807, 2.05) is 0 Å². The van der Waals surface area contributed by atoms with E-state index in [4.69, 9.17) is 11.6 Å². The number of hydrogen-bond donors (Lipinski definition) is 0. The van der Waals surface area contributed by atoms with E-state index in [1.165, 1.54) is 19.3 Å². The molecule has 21 heavy (non-hydrogen) atoms. The van der Waals surface area contributed by atoms with Crippen LogP contribution in [0.1, 0.15) is 50.9 Å². The molecule has 1 fully saturated rings. The average molecular weight is 374 g/mol. The monoisotopic (exact) mass is 372 g/mol. The third kappa shape index (κ3) is 2.85. The van der Waals surface area contributed by atoms with Crippen molar-refractivity contribution in [3.8, 4) is 0 Å². The van der Waals surface area contributed by atoms with Gasteiger partial charge in [0.1, 0.15) is 11.6 Å². The maximum Gasteiger partial charge on any atom is 0.139 e. The SMILES string of the molecule is CCC1CCCC(n2c(CCl)nc3cc(Br)c(F)cc32)C1. The number of fused-ring (bicyclic) bond motifs is 1. The van der Waals surface area contributed by atoms with Crippen LogP contribution >= 0.6 is 27.5 Å². The molecule has 0 aliphatic heterocycles. The van der Waals surface area contributed by atoms with Gasteiger partial charge >= 0.3 is 0 Å². The first-order valence-electron chi connectivity index (χ1n) is 7.55. The molecule has 0 N–H and O–H groups in total. The number of alkyl halides is 1. The first kappa shape index (κ1) is 15.3. The quantitative estimate of drug-likeness (QED) is 0.620. The van der Waals surface area contributed by atoms with Crippen LogP contribution < -0.4 is 0 Å². The predicted octanol–water partition coefficient (Wildman–Crippen LogP) is 5.82. The first-order valence-corrected chi connectivity index (χ1v) is 8.88. The van der Waals surface area contributed by atoms with E-state index in [0.717, 1.165) is 35.6 Å². The summed E-state index contributed by atoms with van der Waals surface area (Å²) in [7, 11) is 0. The van der Waals surface area contributed by atoms with Gasteiger partial charge in [0, 0.05) is 12.1 Å². The van der Waals surface area contributed by atoms with Crippen molar-refractivity contribution in [2.24, 2.45) is 5.92 Å². The lowest BCUT2D eigenvalue weighted by Crippen LogP contribution is -2.20. The molecule has 0 amide bonds. The van der Waals surface area contributed by atoms with E-state index < -0.39 is 0 Å². The molecule has 0 spiro atoms. The Balaban J connectivity index is 2.09. The Bertz CT molecular complexity index is 655. The third-order valence-electron chi connectivity index (χ3n) is 4.62. The van der Waals surface area contributed by atoms with Gasteiger partial charge < -0.3 is 4.57 Å². The van der Waals surface area contributed by atoms with Gasteiger partial charge in [0.15, 0.2) is 0 Å². The highest BCUT2D eigenvalue weighted by Gasteiger charge is 2.26. The topological polar surface area (TPSA) is 17.8 Å². The van der Waals surface area contributed by atoms with Crippen molar-refractivity contribution in [2.45, 2.75) is 50.9 Å². The molecule has 2 atom stereocenters. The number of nitrogens with zero attached hydrogens (tertiary/aromatic N) is 2. The molecule has 2 aromatic rings. The zero-order valence-corrected chi connectivity index (χ0v) is 14.4. The molecular formula is C16H19BrClFN2. The lowest BCUT2D eigenvalue weighted by atomic mass is 9.84. The van der Waals surface area contributed by atoms with Crippen molar-refractivity contribution in [2.75, 3.05) is 0 Å². The molecule has 1 aromatic carbocycles. The second kappa shape index (κ2) is 6.25. The van der Waals surface area contributed by atoms with Crippen LogP contribution in [0.5, 0.6) is 0 Å². The van der Waals surface area contributed by atoms with Crippen molar-refractivity contribution in [1.82, 2.24) is 9.55 Å². The van der Waals surface area contributed by atoms with Crippen LogP contribution in [0.4, 0.5) is 4.39 Å². The fourth-order valence-electron chi connectivity index (χ4n) is 3.51. The molecule has 1 aliphatic carbocycles. The van der Waals surface area contributed by atoms with Crippen molar-refractivity contribution < 1.29 is 4.39 Å². The van der Waals surface area contributed by atoms with Gasteiger partial charge in [-0.2, -0.15) is 0 Å². The van der Waals surface area contributed by atoms with Crippen molar-refractivity contribution in [3.63, 3.8) is 0 Å². The normalized spacial score (nSPS) is 22.9. The highest BCUT2D eigenvalue weighted by molar-refractivity contribution is 9.10. The van der Waals surface area contributed by atoms with Gasteiger partial charge in [0.2, 0.25) is 0 Å². The summed E-state index contributed by atoms with van der Waals surface area (Å²) >= 11 is 9.32. The maximum absolute atomic E-state index is 13.9. The molecule has 1 aliphatic rings. The molecule has 2 nitrogen and oxygen atoms in total. The lowest BCUT2D eigenvalue weighted by Gasteiger charge is -2.30. The van der Waals surface area contributed by atoms with E-state index in [2.05, 4.69) is 32.4 Å². The number of halogens is 3. The van der Waals surface area contributed by atoms with Gasteiger partial charge in [-0.05, 0) is 40.8 Å². The second-order valence-corrected chi connectivity index (χ2v) is 7.00. The summed E-state index contributed by atoms with van der Waals surface area (Å²) in [6.45, 7) is 2.25. The Morgan fingerprint density at radius 2 is 2.24 bits per heavy atom. The maximum atomic E-state index is 13.9. The van der Waals surface area contributed by atoms with Crippen LogP contribution in [0.15, 0.2) is 16.6 Å². The Hall–Kier alpha value is -0.610. The molecule has 0 saturated heterocycles. The molecule has 1 heterocycles. The fourth-order valence-corrected chi connectivity index (χ4v) is 4.03. The molecule has 3 rings (SSSR count). The van der Waals surface area contributed by atoms with Gasteiger partial charge in [0.05, 0.1) is 21.4 Å². The van der Waals surface area contributed by atoms with Crippen LogP contribution in [-0.2, 0) is 5.88 Å².